The first-order valence-electron chi connectivity index (χ1n) is 8.74. The first kappa shape index (κ1) is 18.2. The summed E-state index contributed by atoms with van der Waals surface area (Å²) in [5.74, 6) is -0.488. The van der Waals surface area contributed by atoms with E-state index < -0.39 is 17.6 Å². The predicted octanol–water partition coefficient (Wildman–Crippen LogP) is 3.87. The average molecular weight is 391 g/mol. The molecule has 2 aromatic heterocycles. The average Bonchev–Trinajstić information content (AvgIpc) is 3.20. The Morgan fingerprint density at radius 3 is 2.61 bits per heavy atom. The van der Waals surface area contributed by atoms with Gasteiger partial charge in [0.1, 0.15) is 17.3 Å². The van der Waals surface area contributed by atoms with Crippen LogP contribution in [0.3, 0.4) is 0 Å². The zero-order valence-electron chi connectivity index (χ0n) is 14.8. The Bertz CT molecular complexity index is 1180. The van der Waals surface area contributed by atoms with Crippen LogP contribution in [0.15, 0.2) is 82.0 Å². The fourth-order valence-corrected chi connectivity index (χ4v) is 3.89. The van der Waals surface area contributed by atoms with Crippen LogP contribution >= 0.6 is 11.3 Å². The minimum absolute atomic E-state index is 0.0280. The van der Waals surface area contributed by atoms with Crippen molar-refractivity contribution in [3.8, 4) is 0 Å². The number of hydrogen-bond acceptors (Lipinski definition) is 5. The van der Waals surface area contributed by atoms with Crippen LogP contribution in [0.5, 0.6) is 0 Å². The molecule has 0 aliphatic carbocycles. The van der Waals surface area contributed by atoms with Crippen molar-refractivity contribution in [3.05, 3.63) is 104 Å². The first-order valence-corrected chi connectivity index (χ1v) is 9.56. The van der Waals surface area contributed by atoms with E-state index in [4.69, 9.17) is 4.42 Å². The summed E-state index contributed by atoms with van der Waals surface area (Å²) in [6.45, 7) is 0.261. The molecule has 0 radical (unpaired) electrons. The van der Waals surface area contributed by atoms with Gasteiger partial charge in [-0.1, -0.05) is 48.5 Å². The quantitative estimate of drug-likeness (QED) is 0.506. The van der Waals surface area contributed by atoms with Gasteiger partial charge in [0.15, 0.2) is 0 Å². The Hall–Kier alpha value is -3.22. The predicted molar refractivity (Wildman–Crippen MR) is 108 cm³/mol. The van der Waals surface area contributed by atoms with Gasteiger partial charge in [-0.3, -0.25) is 4.79 Å². The van der Waals surface area contributed by atoms with E-state index in [1.54, 1.807) is 18.2 Å². The van der Waals surface area contributed by atoms with Gasteiger partial charge < -0.3 is 14.8 Å². The van der Waals surface area contributed by atoms with E-state index in [1.165, 1.54) is 17.4 Å². The number of aliphatic hydroxyl groups is 1. The molecule has 1 unspecified atom stereocenters. The van der Waals surface area contributed by atoms with Crippen molar-refractivity contribution < 1.29 is 14.3 Å². The van der Waals surface area contributed by atoms with Gasteiger partial charge >= 0.3 is 5.63 Å². The highest BCUT2D eigenvalue weighted by atomic mass is 32.1. The summed E-state index contributed by atoms with van der Waals surface area (Å²) in [6, 6.07) is 21.7. The molecule has 1 atom stereocenters. The van der Waals surface area contributed by atoms with Crippen LogP contribution in [0, 0.1) is 0 Å². The number of thiophene rings is 1. The van der Waals surface area contributed by atoms with E-state index in [9.17, 15) is 14.7 Å². The van der Waals surface area contributed by atoms with Crippen molar-refractivity contribution >= 4 is 28.2 Å². The van der Waals surface area contributed by atoms with Gasteiger partial charge in [-0.05, 0) is 29.8 Å². The van der Waals surface area contributed by atoms with Crippen LogP contribution in [-0.4, -0.2) is 11.0 Å². The van der Waals surface area contributed by atoms with Crippen molar-refractivity contribution in [3.63, 3.8) is 0 Å². The molecule has 6 heteroatoms. The zero-order valence-corrected chi connectivity index (χ0v) is 15.6. The summed E-state index contributed by atoms with van der Waals surface area (Å²) >= 11 is 1.41. The number of aliphatic hydroxyl groups excluding tert-OH is 1. The normalized spacial score (nSPS) is 12.0. The van der Waals surface area contributed by atoms with Gasteiger partial charge in [0.05, 0.1) is 6.54 Å². The molecule has 0 saturated carbocycles. The molecule has 2 N–H and O–H groups in total. The molecule has 1 amide bonds. The van der Waals surface area contributed by atoms with Gasteiger partial charge in [0.2, 0.25) is 0 Å². The fraction of sp³-hybridized carbons (Fsp3) is 0.0909. The Labute approximate surface area is 164 Å². The topological polar surface area (TPSA) is 79.5 Å². The molecule has 5 nitrogen and oxygen atoms in total. The summed E-state index contributed by atoms with van der Waals surface area (Å²) in [5, 5.41) is 13.9. The van der Waals surface area contributed by atoms with Gasteiger partial charge in [-0.15, -0.1) is 11.3 Å². The first-order chi connectivity index (χ1) is 13.6. The lowest BCUT2D eigenvalue weighted by Crippen LogP contribution is -2.27. The van der Waals surface area contributed by atoms with E-state index >= 15 is 0 Å². The van der Waals surface area contributed by atoms with E-state index in [0.717, 1.165) is 15.3 Å². The van der Waals surface area contributed by atoms with Crippen molar-refractivity contribution in [2.45, 2.75) is 12.6 Å². The number of benzene rings is 2. The minimum atomic E-state index is -0.705. The smallest absolute Gasteiger partial charge is 0.349 e. The lowest BCUT2D eigenvalue weighted by atomic mass is 10.1. The third kappa shape index (κ3) is 3.74. The Balaban J connectivity index is 1.47. The van der Waals surface area contributed by atoms with Crippen LogP contribution in [-0.2, 0) is 6.54 Å². The fourth-order valence-electron chi connectivity index (χ4n) is 2.92. The number of carbonyl (C=O) groups is 1. The Morgan fingerprint density at radius 1 is 1.04 bits per heavy atom. The molecule has 2 heterocycles. The van der Waals surface area contributed by atoms with E-state index in [0.29, 0.717) is 11.0 Å². The summed E-state index contributed by atoms with van der Waals surface area (Å²) in [6.07, 6.45) is -0.705. The molecule has 0 fully saturated rings. The van der Waals surface area contributed by atoms with Crippen molar-refractivity contribution in [2.75, 3.05) is 0 Å². The number of fused-ring (bicyclic) bond motifs is 1. The summed E-state index contributed by atoms with van der Waals surface area (Å²) < 4.78 is 5.20. The highest BCUT2D eigenvalue weighted by molar-refractivity contribution is 7.12. The number of hydrogen-bond donors (Lipinski definition) is 2. The SMILES string of the molecule is O=C(NCc1ccc(C(O)c2ccccc2)s1)c1cc2ccccc2oc1=O. The Morgan fingerprint density at radius 2 is 1.79 bits per heavy atom. The molecule has 140 valence electrons. The summed E-state index contributed by atoms with van der Waals surface area (Å²) in [7, 11) is 0. The molecule has 4 rings (SSSR count). The molecular formula is C22H17NO4S. The van der Waals surface area contributed by atoms with Crippen molar-refractivity contribution in [1.82, 2.24) is 5.32 Å². The molecule has 4 aromatic rings. The molecule has 0 bridgehead atoms. The molecule has 0 saturated heterocycles. The standard InChI is InChI=1S/C22H17NO4S/c24-20(14-6-2-1-3-7-14)19-11-10-16(28-19)13-23-21(25)17-12-15-8-4-5-9-18(15)27-22(17)26/h1-12,20,24H,13H2,(H,23,25). The second-order valence-corrected chi connectivity index (χ2v) is 7.49. The van der Waals surface area contributed by atoms with Crippen LogP contribution < -0.4 is 10.9 Å². The van der Waals surface area contributed by atoms with Crippen molar-refractivity contribution in [1.29, 1.82) is 0 Å². The van der Waals surface area contributed by atoms with Crippen LogP contribution in [0.1, 0.15) is 31.8 Å². The zero-order chi connectivity index (χ0) is 19.5. The second-order valence-electron chi connectivity index (χ2n) is 6.29. The maximum absolute atomic E-state index is 12.4. The van der Waals surface area contributed by atoms with Gasteiger partial charge in [-0.2, -0.15) is 0 Å². The number of nitrogens with one attached hydrogen (secondary N) is 1. The van der Waals surface area contributed by atoms with Gasteiger partial charge in [0, 0.05) is 15.1 Å². The summed E-state index contributed by atoms with van der Waals surface area (Å²) in [5.41, 5.74) is 0.568. The van der Waals surface area contributed by atoms with Gasteiger partial charge in [-0.25, -0.2) is 4.79 Å². The van der Waals surface area contributed by atoms with Crippen LogP contribution in [0.2, 0.25) is 0 Å². The number of carbonyl (C=O) groups excluding carboxylic acids is 1. The third-order valence-corrected chi connectivity index (χ3v) is 5.51. The van der Waals surface area contributed by atoms with E-state index in [1.807, 2.05) is 48.5 Å². The minimum Gasteiger partial charge on any atom is -0.422 e. The molecule has 0 aliphatic heterocycles. The second kappa shape index (κ2) is 7.80. The van der Waals surface area contributed by atoms with E-state index in [-0.39, 0.29) is 12.1 Å². The Kier molecular flexibility index (Phi) is 5.06. The van der Waals surface area contributed by atoms with Crippen LogP contribution in [0.4, 0.5) is 0 Å². The van der Waals surface area contributed by atoms with Crippen LogP contribution in [0.25, 0.3) is 11.0 Å². The summed E-state index contributed by atoms with van der Waals surface area (Å²) in [4.78, 5) is 26.2. The number of para-hydroxylation sites is 1. The lowest BCUT2D eigenvalue weighted by Gasteiger charge is -2.08. The highest BCUT2D eigenvalue weighted by Crippen LogP contribution is 2.28. The van der Waals surface area contributed by atoms with E-state index in [2.05, 4.69) is 5.32 Å². The third-order valence-electron chi connectivity index (χ3n) is 4.38. The molecule has 2 aromatic carbocycles. The molecule has 0 spiro atoms. The molecular weight excluding hydrogens is 374 g/mol. The number of amides is 1. The largest absolute Gasteiger partial charge is 0.422 e. The van der Waals surface area contributed by atoms with Crippen molar-refractivity contribution in [2.24, 2.45) is 0 Å². The molecule has 28 heavy (non-hydrogen) atoms. The monoisotopic (exact) mass is 391 g/mol. The molecule has 0 aliphatic rings. The lowest BCUT2D eigenvalue weighted by molar-refractivity contribution is 0.0948. The number of rotatable bonds is 5. The maximum Gasteiger partial charge on any atom is 0.349 e. The highest BCUT2D eigenvalue weighted by Gasteiger charge is 2.15. The maximum atomic E-state index is 12.4. The van der Waals surface area contributed by atoms with Gasteiger partial charge in [0.25, 0.3) is 5.91 Å².